The molecule has 0 amide bonds. The molecule has 0 spiro atoms. The van der Waals surface area contributed by atoms with Crippen LogP contribution < -0.4 is 0 Å². The predicted molar refractivity (Wildman–Crippen MR) is 53.6 cm³/mol. The Morgan fingerprint density at radius 1 is 1.58 bits per heavy atom. The summed E-state index contributed by atoms with van der Waals surface area (Å²) in [6, 6.07) is 2.07. The van der Waals surface area contributed by atoms with E-state index in [0.29, 0.717) is 5.78 Å². The Balaban J connectivity index is 2.24. The van der Waals surface area contributed by atoms with Crippen molar-refractivity contribution in [2.45, 2.75) is 25.2 Å². The van der Waals surface area contributed by atoms with Gasteiger partial charge in [0.15, 0.2) is 0 Å². The van der Waals surface area contributed by atoms with E-state index in [0.717, 1.165) is 23.7 Å². The SMILES string of the molecule is O=C1CCCC1c1cc(Br)cs1. The Morgan fingerprint density at radius 3 is 2.92 bits per heavy atom. The van der Waals surface area contributed by atoms with Crippen LogP contribution in [0.25, 0.3) is 0 Å². The Bertz CT molecular complexity index is 305. The standard InChI is InChI=1S/C9H9BrOS/c10-6-4-9(12-5-6)7-2-1-3-8(7)11/h4-5,7H,1-3H2. The summed E-state index contributed by atoms with van der Waals surface area (Å²) in [7, 11) is 0. The lowest BCUT2D eigenvalue weighted by atomic mass is 10.1. The van der Waals surface area contributed by atoms with E-state index >= 15 is 0 Å². The third-order valence-electron chi connectivity index (χ3n) is 2.24. The summed E-state index contributed by atoms with van der Waals surface area (Å²) >= 11 is 5.08. The van der Waals surface area contributed by atoms with Gasteiger partial charge in [0.25, 0.3) is 0 Å². The monoisotopic (exact) mass is 244 g/mol. The molecule has 0 aromatic carbocycles. The van der Waals surface area contributed by atoms with Gasteiger partial charge in [-0.2, -0.15) is 0 Å². The Labute approximate surface area is 83.9 Å². The molecular formula is C9H9BrOS. The fourth-order valence-electron chi connectivity index (χ4n) is 1.63. The molecule has 1 nitrogen and oxygen atoms in total. The van der Waals surface area contributed by atoms with Gasteiger partial charge in [0, 0.05) is 21.2 Å². The van der Waals surface area contributed by atoms with Crippen molar-refractivity contribution in [3.8, 4) is 0 Å². The van der Waals surface area contributed by atoms with E-state index in [1.807, 2.05) is 5.38 Å². The smallest absolute Gasteiger partial charge is 0.141 e. The molecule has 0 aliphatic heterocycles. The molecule has 1 aliphatic carbocycles. The molecule has 1 heterocycles. The van der Waals surface area contributed by atoms with Gasteiger partial charge in [-0.05, 0) is 34.8 Å². The lowest BCUT2D eigenvalue weighted by Gasteiger charge is -2.02. The first-order valence-corrected chi connectivity index (χ1v) is 5.71. The van der Waals surface area contributed by atoms with Crippen LogP contribution in [0.1, 0.15) is 30.1 Å². The minimum atomic E-state index is 0.210. The molecule has 1 atom stereocenters. The Kier molecular flexibility index (Phi) is 2.33. The fourth-order valence-corrected chi connectivity index (χ4v) is 3.23. The van der Waals surface area contributed by atoms with Gasteiger partial charge in [0.05, 0.1) is 5.92 Å². The van der Waals surface area contributed by atoms with Gasteiger partial charge >= 0.3 is 0 Å². The Hall–Kier alpha value is -0.150. The average molecular weight is 245 g/mol. The number of rotatable bonds is 1. The summed E-state index contributed by atoms with van der Waals surface area (Å²) < 4.78 is 1.10. The molecule has 12 heavy (non-hydrogen) atoms. The molecule has 3 heteroatoms. The first-order chi connectivity index (χ1) is 5.77. The van der Waals surface area contributed by atoms with Crippen molar-refractivity contribution in [2.24, 2.45) is 0 Å². The first-order valence-electron chi connectivity index (χ1n) is 4.04. The maximum atomic E-state index is 11.4. The molecule has 1 aromatic rings. The normalized spacial score (nSPS) is 23.4. The number of hydrogen-bond acceptors (Lipinski definition) is 2. The van der Waals surface area contributed by atoms with Crippen molar-refractivity contribution in [3.05, 3.63) is 20.8 Å². The van der Waals surface area contributed by atoms with Crippen molar-refractivity contribution in [1.29, 1.82) is 0 Å². The summed E-state index contributed by atoms with van der Waals surface area (Å²) in [5.74, 6) is 0.630. The zero-order valence-corrected chi connectivity index (χ0v) is 8.95. The second-order valence-corrected chi connectivity index (χ2v) is 4.94. The van der Waals surface area contributed by atoms with Crippen molar-refractivity contribution in [1.82, 2.24) is 0 Å². The van der Waals surface area contributed by atoms with Gasteiger partial charge in [-0.1, -0.05) is 0 Å². The van der Waals surface area contributed by atoms with Crippen LogP contribution in [0.5, 0.6) is 0 Å². The van der Waals surface area contributed by atoms with E-state index in [-0.39, 0.29) is 5.92 Å². The average Bonchev–Trinajstić information content (AvgIpc) is 2.58. The summed E-state index contributed by atoms with van der Waals surface area (Å²) in [4.78, 5) is 12.6. The highest BCUT2D eigenvalue weighted by molar-refractivity contribution is 9.10. The lowest BCUT2D eigenvalue weighted by Crippen LogP contribution is -2.01. The molecule has 2 rings (SSSR count). The molecule has 0 bridgehead atoms. The van der Waals surface area contributed by atoms with Crippen LogP contribution in [0.4, 0.5) is 0 Å². The quantitative estimate of drug-likeness (QED) is 0.741. The number of halogens is 1. The summed E-state index contributed by atoms with van der Waals surface area (Å²) in [5.41, 5.74) is 0. The molecule has 0 radical (unpaired) electrons. The predicted octanol–water partition coefficient (Wildman–Crippen LogP) is 3.35. The molecule has 1 aromatic heterocycles. The van der Waals surface area contributed by atoms with Crippen LogP contribution in [0.2, 0.25) is 0 Å². The highest BCUT2D eigenvalue weighted by Gasteiger charge is 2.26. The van der Waals surface area contributed by atoms with Gasteiger partial charge in [0.2, 0.25) is 0 Å². The lowest BCUT2D eigenvalue weighted by molar-refractivity contribution is -0.118. The maximum absolute atomic E-state index is 11.4. The summed E-state index contributed by atoms with van der Waals surface area (Å²) in [6.45, 7) is 0. The maximum Gasteiger partial charge on any atom is 0.141 e. The number of carbonyl (C=O) groups is 1. The van der Waals surface area contributed by atoms with E-state index in [4.69, 9.17) is 0 Å². The highest BCUT2D eigenvalue weighted by atomic mass is 79.9. The van der Waals surface area contributed by atoms with E-state index in [9.17, 15) is 4.79 Å². The summed E-state index contributed by atoms with van der Waals surface area (Å²) in [5, 5.41) is 2.04. The third kappa shape index (κ3) is 1.48. The van der Waals surface area contributed by atoms with Crippen LogP contribution in [0.15, 0.2) is 15.9 Å². The number of thiophene rings is 1. The molecule has 64 valence electrons. The minimum absolute atomic E-state index is 0.210. The van der Waals surface area contributed by atoms with Gasteiger partial charge in [-0.25, -0.2) is 0 Å². The highest BCUT2D eigenvalue weighted by Crippen LogP contribution is 2.35. The third-order valence-corrected chi connectivity index (χ3v) is 4.04. The molecule has 1 saturated carbocycles. The van der Waals surface area contributed by atoms with E-state index < -0.39 is 0 Å². The topological polar surface area (TPSA) is 17.1 Å². The van der Waals surface area contributed by atoms with Gasteiger partial charge in [-0.15, -0.1) is 11.3 Å². The van der Waals surface area contributed by atoms with Crippen molar-refractivity contribution in [3.63, 3.8) is 0 Å². The van der Waals surface area contributed by atoms with E-state index in [1.54, 1.807) is 11.3 Å². The molecule has 1 unspecified atom stereocenters. The van der Waals surface area contributed by atoms with Crippen LogP contribution in [-0.2, 0) is 4.79 Å². The van der Waals surface area contributed by atoms with E-state index in [2.05, 4.69) is 22.0 Å². The fraction of sp³-hybridized carbons (Fsp3) is 0.444. The second-order valence-electron chi connectivity index (χ2n) is 3.08. The molecule has 0 saturated heterocycles. The second kappa shape index (κ2) is 3.30. The van der Waals surface area contributed by atoms with Crippen LogP contribution in [0, 0.1) is 0 Å². The zero-order chi connectivity index (χ0) is 8.55. The largest absolute Gasteiger partial charge is 0.299 e. The van der Waals surface area contributed by atoms with Crippen LogP contribution in [-0.4, -0.2) is 5.78 Å². The number of carbonyl (C=O) groups excluding carboxylic acids is 1. The van der Waals surface area contributed by atoms with Crippen molar-refractivity contribution >= 4 is 33.0 Å². The first kappa shape index (κ1) is 8.45. The number of ketones is 1. The number of hydrogen-bond donors (Lipinski definition) is 0. The van der Waals surface area contributed by atoms with Gasteiger partial charge < -0.3 is 0 Å². The van der Waals surface area contributed by atoms with Crippen LogP contribution in [0.3, 0.4) is 0 Å². The molecule has 1 aliphatic rings. The van der Waals surface area contributed by atoms with Gasteiger partial charge in [0.1, 0.15) is 5.78 Å². The molecule has 1 fully saturated rings. The van der Waals surface area contributed by atoms with E-state index in [1.165, 1.54) is 4.88 Å². The van der Waals surface area contributed by atoms with Crippen molar-refractivity contribution in [2.75, 3.05) is 0 Å². The number of Topliss-reactive ketones (excluding diaryl/α,β-unsaturated/α-hetero) is 1. The van der Waals surface area contributed by atoms with Crippen molar-refractivity contribution < 1.29 is 4.79 Å². The minimum Gasteiger partial charge on any atom is -0.299 e. The molecule has 0 N–H and O–H groups in total. The molecular weight excluding hydrogens is 236 g/mol. The van der Waals surface area contributed by atoms with Gasteiger partial charge in [-0.3, -0.25) is 4.79 Å². The Morgan fingerprint density at radius 2 is 2.42 bits per heavy atom. The summed E-state index contributed by atoms with van der Waals surface area (Å²) in [6.07, 6.45) is 2.89. The zero-order valence-electron chi connectivity index (χ0n) is 6.55. The van der Waals surface area contributed by atoms with Crippen LogP contribution >= 0.6 is 27.3 Å².